The lowest BCUT2D eigenvalue weighted by Crippen LogP contribution is -2.40. The van der Waals surface area contributed by atoms with Gasteiger partial charge in [-0.15, -0.1) is 0 Å². The van der Waals surface area contributed by atoms with Crippen molar-refractivity contribution in [3.8, 4) is 0 Å². The molecule has 1 aliphatic heterocycles. The highest BCUT2D eigenvalue weighted by Crippen LogP contribution is 2.27. The topological polar surface area (TPSA) is 76.1 Å². The summed E-state index contributed by atoms with van der Waals surface area (Å²) in [5.41, 5.74) is 8.59. The van der Waals surface area contributed by atoms with Gasteiger partial charge in [0.05, 0.1) is 0 Å². The van der Waals surface area contributed by atoms with Gasteiger partial charge in [0.15, 0.2) is 0 Å². The highest BCUT2D eigenvalue weighted by atomic mass is 15.2. The number of hydrogen-bond acceptors (Lipinski definition) is 4. The van der Waals surface area contributed by atoms with Gasteiger partial charge in [-0.05, 0) is 31.3 Å². The maximum atomic E-state index is 5.53. The summed E-state index contributed by atoms with van der Waals surface area (Å²) in [5, 5.41) is 3.33. The van der Waals surface area contributed by atoms with E-state index in [4.69, 9.17) is 11.6 Å². The van der Waals surface area contributed by atoms with Gasteiger partial charge in [0.25, 0.3) is 0 Å². The van der Waals surface area contributed by atoms with E-state index in [0.29, 0.717) is 5.41 Å². The number of nitrogens with two attached hydrogens (primary N) is 2. The second-order valence-corrected chi connectivity index (χ2v) is 3.35. The van der Waals surface area contributed by atoms with Crippen LogP contribution in [0.3, 0.4) is 0 Å². The summed E-state index contributed by atoms with van der Waals surface area (Å²) in [6.45, 7) is 3.77. The van der Waals surface area contributed by atoms with Crippen molar-refractivity contribution in [3.63, 3.8) is 0 Å². The summed E-state index contributed by atoms with van der Waals surface area (Å²) in [4.78, 5) is 0. The van der Waals surface area contributed by atoms with Gasteiger partial charge in [-0.2, -0.15) is 0 Å². The lowest BCUT2D eigenvalue weighted by atomic mass is 9.84. The minimum atomic E-state index is 0.323. The highest BCUT2D eigenvalue weighted by Gasteiger charge is 2.31. The second-order valence-electron chi connectivity index (χ2n) is 3.35. The summed E-state index contributed by atoms with van der Waals surface area (Å²) < 4.78 is 0. The zero-order valence-electron chi connectivity index (χ0n) is 6.90. The van der Waals surface area contributed by atoms with Gasteiger partial charge in [-0.3, -0.25) is 11.3 Å². The first-order valence-corrected chi connectivity index (χ1v) is 4.17. The van der Waals surface area contributed by atoms with Gasteiger partial charge >= 0.3 is 0 Å². The molecular weight excluding hydrogens is 140 g/mol. The van der Waals surface area contributed by atoms with Gasteiger partial charge in [0.1, 0.15) is 0 Å². The van der Waals surface area contributed by atoms with E-state index in [0.717, 1.165) is 32.6 Å². The van der Waals surface area contributed by atoms with Crippen LogP contribution in [0, 0.1) is 5.41 Å². The van der Waals surface area contributed by atoms with E-state index in [-0.39, 0.29) is 0 Å². The largest absolute Gasteiger partial charge is 0.330 e. The molecular formula is C7H18N4. The fourth-order valence-corrected chi connectivity index (χ4v) is 1.77. The highest BCUT2D eigenvalue weighted by molar-refractivity contribution is 4.89. The predicted molar refractivity (Wildman–Crippen MR) is 45.8 cm³/mol. The molecule has 1 heterocycles. The molecule has 1 saturated heterocycles. The molecule has 4 heteroatoms. The molecule has 0 aromatic rings. The first-order chi connectivity index (χ1) is 5.33. The van der Waals surface area contributed by atoms with Crippen LogP contribution in [0.1, 0.15) is 12.8 Å². The van der Waals surface area contributed by atoms with Crippen molar-refractivity contribution >= 4 is 0 Å². The monoisotopic (exact) mass is 158 g/mol. The quantitative estimate of drug-likeness (QED) is 0.305. The summed E-state index contributed by atoms with van der Waals surface area (Å²) in [7, 11) is 0. The summed E-state index contributed by atoms with van der Waals surface area (Å²) in [5.74, 6) is 5.31. The van der Waals surface area contributed by atoms with Crippen LogP contribution >= 0.6 is 0 Å². The van der Waals surface area contributed by atoms with E-state index in [1.165, 1.54) is 6.42 Å². The molecule has 6 N–H and O–H groups in total. The summed E-state index contributed by atoms with van der Waals surface area (Å²) >= 11 is 0. The van der Waals surface area contributed by atoms with Gasteiger partial charge in [0, 0.05) is 13.1 Å². The molecule has 1 aliphatic rings. The molecule has 11 heavy (non-hydrogen) atoms. The number of hydrogen-bond donors (Lipinski definition) is 4. The third-order valence-corrected chi connectivity index (χ3v) is 2.48. The molecule has 1 rings (SSSR count). The Balaban J connectivity index is 2.40. The van der Waals surface area contributed by atoms with E-state index in [1.807, 2.05) is 0 Å². The fraction of sp³-hybridized carbons (Fsp3) is 1.00. The van der Waals surface area contributed by atoms with Crippen LogP contribution in [0.15, 0.2) is 0 Å². The van der Waals surface area contributed by atoms with Crippen molar-refractivity contribution < 1.29 is 0 Å². The number of rotatable bonds is 4. The van der Waals surface area contributed by atoms with E-state index in [9.17, 15) is 0 Å². The summed E-state index contributed by atoms with van der Waals surface area (Å²) in [6.07, 6.45) is 2.25. The lowest BCUT2D eigenvalue weighted by molar-refractivity contribution is 0.286. The molecule has 66 valence electrons. The first-order valence-electron chi connectivity index (χ1n) is 4.17. The Morgan fingerprint density at radius 3 is 2.82 bits per heavy atom. The van der Waals surface area contributed by atoms with Crippen molar-refractivity contribution in [1.82, 2.24) is 10.7 Å². The first kappa shape index (κ1) is 8.93. The van der Waals surface area contributed by atoms with Crippen molar-refractivity contribution in [1.29, 1.82) is 0 Å². The zero-order chi connectivity index (χ0) is 8.16. The molecule has 1 fully saturated rings. The number of hydrazine groups is 1. The summed E-state index contributed by atoms with van der Waals surface area (Å²) in [6, 6.07) is 0. The van der Waals surface area contributed by atoms with Crippen molar-refractivity contribution in [3.05, 3.63) is 0 Å². The van der Waals surface area contributed by atoms with Crippen molar-refractivity contribution in [2.75, 3.05) is 26.2 Å². The van der Waals surface area contributed by atoms with Crippen molar-refractivity contribution in [2.24, 2.45) is 17.0 Å². The van der Waals surface area contributed by atoms with E-state index in [2.05, 4.69) is 10.7 Å². The molecule has 0 radical (unpaired) electrons. The predicted octanol–water partition coefficient (Wildman–Crippen LogP) is -1.22. The van der Waals surface area contributed by atoms with Crippen molar-refractivity contribution in [2.45, 2.75) is 12.8 Å². The molecule has 1 unspecified atom stereocenters. The molecule has 0 amide bonds. The standard InChI is InChI=1S/C7H18N4/c8-3-1-7(6-11-9)2-4-10-5-7/h10-11H,1-6,8-9H2. The van der Waals surface area contributed by atoms with E-state index >= 15 is 0 Å². The Labute approximate surface area is 67.7 Å². The molecule has 0 bridgehead atoms. The zero-order valence-corrected chi connectivity index (χ0v) is 6.90. The smallest absolute Gasteiger partial charge is 0.0167 e. The van der Waals surface area contributed by atoms with Crippen LogP contribution < -0.4 is 22.3 Å². The van der Waals surface area contributed by atoms with E-state index in [1.54, 1.807) is 0 Å². The molecule has 0 spiro atoms. The van der Waals surface area contributed by atoms with Gasteiger partial charge in [0.2, 0.25) is 0 Å². The molecule has 4 nitrogen and oxygen atoms in total. The maximum absolute atomic E-state index is 5.53. The van der Waals surface area contributed by atoms with Crippen LogP contribution in [-0.2, 0) is 0 Å². The average molecular weight is 158 g/mol. The van der Waals surface area contributed by atoms with Crippen LogP contribution in [0.25, 0.3) is 0 Å². The molecule has 1 atom stereocenters. The maximum Gasteiger partial charge on any atom is 0.0167 e. The Morgan fingerprint density at radius 1 is 1.55 bits per heavy atom. The third kappa shape index (κ3) is 2.13. The van der Waals surface area contributed by atoms with Crippen LogP contribution in [0.2, 0.25) is 0 Å². The van der Waals surface area contributed by atoms with Gasteiger partial charge in [-0.25, -0.2) is 0 Å². The van der Waals surface area contributed by atoms with E-state index < -0.39 is 0 Å². The number of nitrogens with one attached hydrogen (secondary N) is 2. The average Bonchev–Trinajstić information content (AvgIpc) is 2.39. The van der Waals surface area contributed by atoms with Gasteiger partial charge in [-0.1, -0.05) is 0 Å². The molecule has 0 saturated carbocycles. The van der Waals surface area contributed by atoms with Crippen LogP contribution in [-0.4, -0.2) is 26.2 Å². The SMILES string of the molecule is NCCC1(CNN)CCNC1. The Hall–Kier alpha value is -0.160. The second kappa shape index (κ2) is 4.01. The Bertz CT molecular complexity index is 101. The minimum Gasteiger partial charge on any atom is -0.330 e. The molecule has 0 aromatic carbocycles. The normalized spacial score (nSPS) is 31.1. The Kier molecular flexibility index (Phi) is 3.26. The lowest BCUT2D eigenvalue weighted by Gasteiger charge is -2.26. The molecule has 0 aromatic heterocycles. The molecule has 0 aliphatic carbocycles. The van der Waals surface area contributed by atoms with Crippen LogP contribution in [0.5, 0.6) is 0 Å². The fourth-order valence-electron chi connectivity index (χ4n) is 1.77. The van der Waals surface area contributed by atoms with Crippen LogP contribution in [0.4, 0.5) is 0 Å². The van der Waals surface area contributed by atoms with Gasteiger partial charge < -0.3 is 11.1 Å². The third-order valence-electron chi connectivity index (χ3n) is 2.48. The minimum absolute atomic E-state index is 0.323. The Morgan fingerprint density at radius 2 is 2.36 bits per heavy atom.